The van der Waals surface area contributed by atoms with Gasteiger partial charge in [-0.15, -0.1) is 0 Å². The molecule has 0 aliphatic heterocycles. The second kappa shape index (κ2) is 8.85. The summed E-state index contributed by atoms with van der Waals surface area (Å²) in [5.41, 5.74) is 0.729. The third-order valence-electron chi connectivity index (χ3n) is 2.35. The van der Waals surface area contributed by atoms with Crippen LogP contribution >= 0.6 is 0 Å². The van der Waals surface area contributed by atoms with E-state index in [2.05, 4.69) is 5.32 Å². The lowest BCUT2D eigenvalue weighted by molar-refractivity contribution is 0.0695. The Labute approximate surface area is 107 Å². The Balaban J connectivity index is 2.07. The van der Waals surface area contributed by atoms with Gasteiger partial charge in [0.05, 0.1) is 13.2 Å². The molecule has 0 saturated heterocycles. The lowest BCUT2D eigenvalue weighted by Crippen LogP contribution is -2.17. The molecular weight excluding hydrogens is 237 g/mol. The molecule has 0 aromatic heterocycles. The fourth-order valence-corrected chi connectivity index (χ4v) is 1.51. The lowest BCUT2D eigenvalue weighted by atomic mass is 10.2. The molecule has 2 N–H and O–H groups in total. The van der Waals surface area contributed by atoms with Crippen molar-refractivity contribution in [3.8, 4) is 5.75 Å². The number of methoxy groups -OCH3 is 1. The van der Waals surface area contributed by atoms with Gasteiger partial charge in [0.2, 0.25) is 0 Å². The van der Waals surface area contributed by atoms with Crippen LogP contribution in [0.2, 0.25) is 0 Å². The van der Waals surface area contributed by atoms with Crippen LogP contribution in [0.15, 0.2) is 18.2 Å². The average Bonchev–Trinajstić information content (AvgIpc) is 2.31. The number of phenolic OH excluding ortho intramolecular Hbond substituents is 1. The minimum Gasteiger partial charge on any atom is -0.508 e. The number of aromatic hydroxyl groups is 1. The van der Waals surface area contributed by atoms with Crippen LogP contribution in [0.3, 0.4) is 0 Å². The van der Waals surface area contributed by atoms with Crippen LogP contribution in [0, 0.1) is 5.82 Å². The first-order valence-corrected chi connectivity index (χ1v) is 5.98. The van der Waals surface area contributed by atoms with Crippen molar-refractivity contribution in [2.75, 3.05) is 33.5 Å². The highest BCUT2D eigenvalue weighted by Crippen LogP contribution is 2.14. The molecule has 5 heteroatoms. The Morgan fingerprint density at radius 1 is 1.22 bits per heavy atom. The average molecular weight is 257 g/mol. The molecule has 0 saturated carbocycles. The predicted octanol–water partition coefficient (Wildman–Crippen LogP) is 1.67. The van der Waals surface area contributed by atoms with Crippen molar-refractivity contribution in [1.29, 1.82) is 0 Å². The maximum absolute atomic E-state index is 13.0. The van der Waals surface area contributed by atoms with E-state index in [1.54, 1.807) is 13.2 Å². The minimum atomic E-state index is -0.422. The number of phenols is 1. The van der Waals surface area contributed by atoms with Crippen LogP contribution in [0.5, 0.6) is 5.75 Å². The molecule has 1 rings (SSSR count). The molecule has 0 spiro atoms. The van der Waals surface area contributed by atoms with E-state index in [9.17, 15) is 9.50 Å². The quantitative estimate of drug-likeness (QED) is 0.661. The number of rotatable bonds is 9. The van der Waals surface area contributed by atoms with Gasteiger partial charge >= 0.3 is 0 Å². The Morgan fingerprint density at radius 3 is 2.78 bits per heavy atom. The molecule has 1 aromatic rings. The Bertz CT molecular complexity index is 327. The van der Waals surface area contributed by atoms with Crippen molar-refractivity contribution in [2.24, 2.45) is 0 Å². The van der Waals surface area contributed by atoms with Crippen LogP contribution in [-0.2, 0) is 16.0 Å². The van der Waals surface area contributed by atoms with E-state index in [-0.39, 0.29) is 5.75 Å². The number of hydrogen-bond donors (Lipinski definition) is 2. The van der Waals surface area contributed by atoms with Crippen molar-refractivity contribution in [2.45, 2.75) is 13.0 Å². The standard InChI is InChI=1S/C13H20FNO3/c1-17-5-6-18-4-2-3-15-10-11-7-12(14)9-13(16)8-11/h7-9,15-16H,2-6,10H2,1H3. The highest BCUT2D eigenvalue weighted by atomic mass is 19.1. The van der Waals surface area contributed by atoms with Gasteiger partial charge in [-0.3, -0.25) is 0 Å². The lowest BCUT2D eigenvalue weighted by Gasteiger charge is -2.06. The van der Waals surface area contributed by atoms with Crippen molar-refractivity contribution in [3.05, 3.63) is 29.6 Å². The minimum absolute atomic E-state index is 0.0466. The summed E-state index contributed by atoms with van der Waals surface area (Å²) >= 11 is 0. The summed E-state index contributed by atoms with van der Waals surface area (Å²) < 4.78 is 23.1. The van der Waals surface area contributed by atoms with Crippen molar-refractivity contribution < 1.29 is 19.0 Å². The SMILES string of the molecule is COCCOCCCNCc1cc(O)cc(F)c1. The van der Waals surface area contributed by atoms with E-state index in [0.717, 1.165) is 24.6 Å². The summed E-state index contributed by atoms with van der Waals surface area (Å²) in [6.07, 6.45) is 0.880. The van der Waals surface area contributed by atoms with Crippen molar-refractivity contribution in [1.82, 2.24) is 5.32 Å². The number of ether oxygens (including phenoxy) is 2. The molecule has 4 nitrogen and oxygen atoms in total. The molecule has 0 aliphatic carbocycles. The zero-order valence-electron chi connectivity index (χ0n) is 10.6. The smallest absolute Gasteiger partial charge is 0.127 e. The van der Waals surface area contributed by atoms with Gasteiger partial charge in [0.15, 0.2) is 0 Å². The van der Waals surface area contributed by atoms with Crippen LogP contribution in [-0.4, -0.2) is 38.6 Å². The fourth-order valence-electron chi connectivity index (χ4n) is 1.51. The normalized spacial score (nSPS) is 10.8. The topological polar surface area (TPSA) is 50.7 Å². The summed E-state index contributed by atoms with van der Waals surface area (Å²) in [5.74, 6) is -0.468. The summed E-state index contributed by atoms with van der Waals surface area (Å²) in [6, 6.07) is 4.04. The Morgan fingerprint density at radius 2 is 2.06 bits per heavy atom. The molecule has 0 aliphatic rings. The fraction of sp³-hybridized carbons (Fsp3) is 0.538. The zero-order valence-corrected chi connectivity index (χ0v) is 10.6. The molecule has 0 bridgehead atoms. The first-order valence-electron chi connectivity index (χ1n) is 5.98. The summed E-state index contributed by atoms with van der Waals surface area (Å²) in [6.45, 7) is 3.20. The van der Waals surface area contributed by atoms with Crippen LogP contribution in [0.25, 0.3) is 0 Å². The van der Waals surface area contributed by atoms with Gasteiger partial charge in [0.1, 0.15) is 11.6 Å². The maximum atomic E-state index is 13.0. The van der Waals surface area contributed by atoms with E-state index < -0.39 is 5.82 Å². The van der Waals surface area contributed by atoms with Crippen molar-refractivity contribution >= 4 is 0 Å². The predicted molar refractivity (Wildman–Crippen MR) is 67.1 cm³/mol. The van der Waals surface area contributed by atoms with Gasteiger partial charge in [-0.05, 0) is 30.7 Å². The molecule has 0 radical (unpaired) electrons. The molecule has 18 heavy (non-hydrogen) atoms. The van der Waals surface area contributed by atoms with Gasteiger partial charge in [-0.25, -0.2) is 4.39 Å². The Kier molecular flexibility index (Phi) is 7.32. The van der Waals surface area contributed by atoms with Crippen LogP contribution in [0.1, 0.15) is 12.0 Å². The van der Waals surface area contributed by atoms with E-state index >= 15 is 0 Å². The second-order valence-corrected chi connectivity index (χ2v) is 3.95. The Hall–Kier alpha value is -1.17. The first-order chi connectivity index (χ1) is 8.72. The molecule has 0 heterocycles. The number of benzene rings is 1. The third-order valence-corrected chi connectivity index (χ3v) is 2.35. The second-order valence-electron chi connectivity index (χ2n) is 3.95. The number of hydrogen-bond acceptors (Lipinski definition) is 4. The van der Waals surface area contributed by atoms with Gasteiger partial charge in [-0.2, -0.15) is 0 Å². The summed E-state index contributed by atoms with van der Waals surface area (Å²) in [7, 11) is 1.64. The van der Waals surface area contributed by atoms with E-state index in [1.165, 1.54) is 6.07 Å². The molecular formula is C13H20FNO3. The van der Waals surface area contributed by atoms with E-state index in [4.69, 9.17) is 9.47 Å². The summed E-state index contributed by atoms with van der Waals surface area (Å²) in [5, 5.41) is 12.4. The van der Waals surface area contributed by atoms with Gasteiger partial charge in [0.25, 0.3) is 0 Å². The monoisotopic (exact) mass is 257 g/mol. The molecule has 0 unspecified atom stereocenters. The highest BCUT2D eigenvalue weighted by molar-refractivity contribution is 5.28. The first kappa shape index (κ1) is 14.9. The van der Waals surface area contributed by atoms with E-state index in [0.29, 0.717) is 26.4 Å². The largest absolute Gasteiger partial charge is 0.508 e. The van der Waals surface area contributed by atoms with Crippen LogP contribution < -0.4 is 5.32 Å². The van der Waals surface area contributed by atoms with Gasteiger partial charge < -0.3 is 19.9 Å². The highest BCUT2D eigenvalue weighted by Gasteiger charge is 1.99. The van der Waals surface area contributed by atoms with E-state index in [1.807, 2.05) is 0 Å². The zero-order chi connectivity index (χ0) is 13.2. The number of nitrogens with one attached hydrogen (secondary N) is 1. The third kappa shape index (κ3) is 6.54. The number of halogens is 1. The molecule has 1 aromatic carbocycles. The van der Waals surface area contributed by atoms with Crippen molar-refractivity contribution in [3.63, 3.8) is 0 Å². The molecule has 0 amide bonds. The molecule has 102 valence electrons. The van der Waals surface area contributed by atoms with Gasteiger partial charge in [0, 0.05) is 26.3 Å². The van der Waals surface area contributed by atoms with Gasteiger partial charge in [-0.1, -0.05) is 0 Å². The molecule has 0 fully saturated rings. The van der Waals surface area contributed by atoms with Crippen LogP contribution in [0.4, 0.5) is 4.39 Å². The molecule has 0 atom stereocenters. The maximum Gasteiger partial charge on any atom is 0.127 e. The summed E-state index contributed by atoms with van der Waals surface area (Å²) in [4.78, 5) is 0.